The second-order valence-corrected chi connectivity index (χ2v) is 8.58. The first kappa shape index (κ1) is 21.6. The summed E-state index contributed by atoms with van der Waals surface area (Å²) in [6.07, 6.45) is 1.44. The number of methoxy groups -OCH3 is 1. The van der Waals surface area contributed by atoms with Crippen molar-refractivity contribution in [3.05, 3.63) is 70.2 Å². The Balaban J connectivity index is 1.84. The van der Waals surface area contributed by atoms with E-state index in [1.165, 1.54) is 0 Å². The van der Waals surface area contributed by atoms with Gasteiger partial charge in [-0.05, 0) is 48.9 Å². The third-order valence-corrected chi connectivity index (χ3v) is 6.97. The lowest BCUT2D eigenvalue weighted by Crippen LogP contribution is -2.45. The molecule has 0 bridgehead atoms. The predicted molar refractivity (Wildman–Crippen MR) is 122 cm³/mol. The zero-order chi connectivity index (χ0) is 22.2. The minimum atomic E-state index is -1.20. The zero-order valence-electron chi connectivity index (χ0n) is 18.1. The number of benzene rings is 2. The highest BCUT2D eigenvalue weighted by molar-refractivity contribution is 6.36. The van der Waals surface area contributed by atoms with Crippen molar-refractivity contribution in [3.8, 4) is 5.88 Å². The van der Waals surface area contributed by atoms with E-state index in [-0.39, 0.29) is 11.8 Å². The molecule has 162 valence electrons. The predicted octanol–water partition coefficient (Wildman–Crippen LogP) is 4.70. The molecule has 1 aromatic heterocycles. The van der Waals surface area contributed by atoms with Crippen molar-refractivity contribution in [1.29, 1.82) is 0 Å². The minimum absolute atomic E-state index is 0.0333. The van der Waals surface area contributed by atoms with Crippen LogP contribution in [0.5, 0.6) is 5.88 Å². The van der Waals surface area contributed by atoms with Gasteiger partial charge in [-0.15, -0.1) is 0 Å². The highest BCUT2D eigenvalue weighted by Gasteiger charge is 2.42. The summed E-state index contributed by atoms with van der Waals surface area (Å²) < 4.78 is 5.35. The Morgan fingerprint density at radius 2 is 1.84 bits per heavy atom. The summed E-state index contributed by atoms with van der Waals surface area (Å²) in [5.41, 5.74) is 1.91. The Morgan fingerprint density at radius 1 is 1.16 bits per heavy atom. The van der Waals surface area contributed by atoms with Gasteiger partial charge >= 0.3 is 0 Å². The molecule has 1 N–H and O–H groups in total. The molecule has 0 saturated carbocycles. The van der Waals surface area contributed by atoms with Crippen molar-refractivity contribution in [1.82, 2.24) is 9.88 Å². The molecule has 2 aromatic carbocycles. The quantitative estimate of drug-likeness (QED) is 0.641. The first-order valence-corrected chi connectivity index (χ1v) is 10.9. The van der Waals surface area contributed by atoms with E-state index in [9.17, 15) is 9.90 Å². The molecule has 5 nitrogen and oxygen atoms in total. The number of carbonyl (C=O) groups is 1. The molecule has 1 saturated heterocycles. The zero-order valence-corrected chi connectivity index (χ0v) is 18.8. The fourth-order valence-corrected chi connectivity index (χ4v) is 4.91. The van der Waals surface area contributed by atoms with Crippen molar-refractivity contribution < 1.29 is 14.6 Å². The van der Waals surface area contributed by atoms with Crippen molar-refractivity contribution >= 4 is 28.4 Å². The van der Waals surface area contributed by atoms with Crippen LogP contribution in [0.4, 0.5) is 0 Å². The van der Waals surface area contributed by atoms with E-state index < -0.39 is 5.60 Å². The highest BCUT2D eigenvalue weighted by Crippen LogP contribution is 2.43. The summed E-state index contributed by atoms with van der Waals surface area (Å²) in [5, 5.41) is 13.6. The number of piperidine rings is 1. The second kappa shape index (κ2) is 8.48. The van der Waals surface area contributed by atoms with Crippen LogP contribution < -0.4 is 4.74 Å². The molecule has 2 heterocycles. The molecule has 1 fully saturated rings. The van der Waals surface area contributed by atoms with Crippen LogP contribution in [0, 0.1) is 12.8 Å². The number of pyridine rings is 1. The summed E-state index contributed by atoms with van der Waals surface area (Å²) >= 11 is 6.67. The van der Waals surface area contributed by atoms with E-state index in [1.54, 1.807) is 14.0 Å². The van der Waals surface area contributed by atoms with E-state index in [0.29, 0.717) is 24.0 Å². The average Bonchev–Trinajstić information content (AvgIpc) is 2.81. The van der Waals surface area contributed by atoms with Gasteiger partial charge in [0.2, 0.25) is 11.8 Å². The van der Waals surface area contributed by atoms with Crippen molar-refractivity contribution in [2.75, 3.05) is 20.2 Å². The standard InChI is InChI=1S/C25H27ClN2O3/c1-16-23(26)21-15-20(9-10-22(21)27-24(16)31-3)25(30,18-7-5-4-6-8-18)19-11-13-28(14-12-19)17(2)29/h4-10,15,19,30H,11-14H2,1-3H3/t25-/m1/s1. The van der Waals surface area contributed by atoms with Crippen molar-refractivity contribution in [2.24, 2.45) is 5.92 Å². The number of likely N-dealkylation sites (tertiary alicyclic amines) is 1. The maximum absolute atomic E-state index is 12.2. The second-order valence-electron chi connectivity index (χ2n) is 8.20. The van der Waals surface area contributed by atoms with Gasteiger partial charge in [-0.1, -0.05) is 48.0 Å². The molecular weight excluding hydrogens is 412 g/mol. The lowest BCUT2D eigenvalue weighted by Gasteiger charge is -2.42. The summed E-state index contributed by atoms with van der Waals surface area (Å²) in [5.74, 6) is 0.545. The molecule has 31 heavy (non-hydrogen) atoms. The Kier molecular flexibility index (Phi) is 5.91. The van der Waals surface area contributed by atoms with Crippen LogP contribution in [0.15, 0.2) is 48.5 Å². The summed E-state index contributed by atoms with van der Waals surface area (Å²) in [4.78, 5) is 18.2. The monoisotopic (exact) mass is 438 g/mol. The van der Waals surface area contributed by atoms with E-state index in [1.807, 2.05) is 60.4 Å². The van der Waals surface area contributed by atoms with Crippen LogP contribution >= 0.6 is 11.6 Å². The first-order valence-electron chi connectivity index (χ1n) is 10.5. The first-order chi connectivity index (χ1) is 14.9. The third kappa shape index (κ3) is 3.77. The number of nitrogens with zero attached hydrogens (tertiary/aromatic N) is 2. The van der Waals surface area contributed by atoms with Gasteiger partial charge in [0, 0.05) is 31.0 Å². The minimum Gasteiger partial charge on any atom is -0.481 e. The van der Waals surface area contributed by atoms with Gasteiger partial charge in [0.25, 0.3) is 0 Å². The molecule has 1 amide bonds. The fraction of sp³-hybridized carbons (Fsp3) is 0.360. The molecule has 3 aromatic rings. The van der Waals surface area contributed by atoms with Crippen LogP contribution in [0.1, 0.15) is 36.5 Å². The molecule has 4 rings (SSSR count). The molecule has 0 radical (unpaired) electrons. The maximum Gasteiger partial charge on any atom is 0.219 e. The smallest absolute Gasteiger partial charge is 0.219 e. The number of carbonyl (C=O) groups excluding carboxylic acids is 1. The number of halogens is 1. The summed E-state index contributed by atoms with van der Waals surface area (Å²) in [6.45, 7) is 4.75. The SMILES string of the molecule is COc1nc2ccc([C@@](O)(c3ccccc3)C3CCN(C(C)=O)CC3)cc2c(Cl)c1C. The van der Waals surface area contributed by atoms with Gasteiger partial charge < -0.3 is 14.7 Å². The van der Waals surface area contributed by atoms with Crippen LogP contribution in [-0.4, -0.2) is 41.1 Å². The molecular formula is C25H27ClN2O3. The average molecular weight is 439 g/mol. The van der Waals surface area contributed by atoms with E-state index in [2.05, 4.69) is 4.98 Å². The Morgan fingerprint density at radius 3 is 2.45 bits per heavy atom. The third-order valence-electron chi connectivity index (χ3n) is 6.48. The number of aliphatic hydroxyl groups is 1. The lowest BCUT2D eigenvalue weighted by molar-refractivity contribution is -0.131. The Labute approximate surface area is 187 Å². The molecule has 6 heteroatoms. The van der Waals surface area contributed by atoms with Crippen LogP contribution in [0.3, 0.4) is 0 Å². The maximum atomic E-state index is 12.2. The normalized spacial score (nSPS) is 16.9. The molecule has 1 aliphatic heterocycles. The topological polar surface area (TPSA) is 62.7 Å². The fourth-order valence-electron chi connectivity index (χ4n) is 4.68. The molecule has 0 unspecified atom stereocenters. The van der Waals surface area contributed by atoms with Crippen LogP contribution in [0.2, 0.25) is 5.02 Å². The van der Waals surface area contributed by atoms with Crippen molar-refractivity contribution in [2.45, 2.75) is 32.3 Å². The number of aromatic nitrogens is 1. The molecule has 0 aliphatic carbocycles. The number of hydrogen-bond donors (Lipinski definition) is 1. The van der Waals surface area contributed by atoms with E-state index in [4.69, 9.17) is 16.3 Å². The number of rotatable bonds is 4. The van der Waals surface area contributed by atoms with Gasteiger partial charge in [0.1, 0.15) is 5.60 Å². The van der Waals surface area contributed by atoms with Gasteiger partial charge in [0.05, 0.1) is 17.6 Å². The Hall–Kier alpha value is -2.63. The molecule has 0 spiro atoms. The van der Waals surface area contributed by atoms with Gasteiger partial charge in [-0.25, -0.2) is 4.98 Å². The molecule has 1 aliphatic rings. The largest absolute Gasteiger partial charge is 0.481 e. The van der Waals surface area contributed by atoms with E-state index >= 15 is 0 Å². The number of hydrogen-bond acceptors (Lipinski definition) is 4. The number of ether oxygens (including phenoxy) is 1. The number of fused-ring (bicyclic) bond motifs is 1. The lowest BCUT2D eigenvalue weighted by atomic mass is 9.72. The molecule has 1 atom stereocenters. The van der Waals surface area contributed by atoms with Crippen LogP contribution in [-0.2, 0) is 10.4 Å². The van der Waals surface area contributed by atoms with Gasteiger partial charge in [0.15, 0.2) is 0 Å². The van der Waals surface area contributed by atoms with Crippen LogP contribution in [0.25, 0.3) is 10.9 Å². The summed E-state index contributed by atoms with van der Waals surface area (Å²) in [7, 11) is 1.58. The van der Waals surface area contributed by atoms with Gasteiger partial charge in [-0.2, -0.15) is 0 Å². The Bertz CT molecular complexity index is 1110. The summed E-state index contributed by atoms with van der Waals surface area (Å²) in [6, 6.07) is 15.5. The van der Waals surface area contributed by atoms with E-state index in [0.717, 1.165) is 40.4 Å². The highest BCUT2D eigenvalue weighted by atomic mass is 35.5. The van der Waals surface area contributed by atoms with Crippen molar-refractivity contribution in [3.63, 3.8) is 0 Å². The van der Waals surface area contributed by atoms with Gasteiger partial charge in [-0.3, -0.25) is 4.79 Å². The number of amides is 1.